The summed E-state index contributed by atoms with van der Waals surface area (Å²) in [5.74, 6) is 0.657. The van der Waals surface area contributed by atoms with Gasteiger partial charge >= 0.3 is 0 Å². The first-order chi connectivity index (χ1) is 13.7. The summed E-state index contributed by atoms with van der Waals surface area (Å²) in [6, 6.07) is 10.2. The third kappa shape index (κ3) is 4.64. The molecule has 1 amide bonds. The van der Waals surface area contributed by atoms with E-state index in [1.54, 1.807) is 30.5 Å². The molecule has 1 N–H and O–H groups in total. The molecule has 0 radical (unpaired) electrons. The molecule has 0 spiro atoms. The number of aromatic nitrogens is 3. The summed E-state index contributed by atoms with van der Waals surface area (Å²) >= 11 is 4.05. The fourth-order valence-electron chi connectivity index (χ4n) is 2.30. The van der Waals surface area contributed by atoms with Gasteiger partial charge in [0.15, 0.2) is 15.1 Å². The van der Waals surface area contributed by atoms with Crippen molar-refractivity contribution in [1.29, 1.82) is 0 Å². The summed E-state index contributed by atoms with van der Waals surface area (Å²) < 4.78 is 19.6. The molecule has 0 aliphatic rings. The lowest BCUT2D eigenvalue weighted by atomic mass is 10.2. The number of benzene rings is 1. The Morgan fingerprint density at radius 2 is 2.11 bits per heavy atom. The smallest absolute Gasteiger partial charge is 0.232 e. The van der Waals surface area contributed by atoms with E-state index in [1.165, 1.54) is 40.5 Å². The number of carbonyl (C=O) groups excluding carboxylic acids is 1. The van der Waals surface area contributed by atoms with Crippen LogP contribution in [0.3, 0.4) is 0 Å². The number of furan rings is 1. The highest BCUT2D eigenvalue weighted by molar-refractivity contribution is 8.00. The van der Waals surface area contributed by atoms with Gasteiger partial charge < -0.3 is 9.73 Å². The summed E-state index contributed by atoms with van der Waals surface area (Å²) in [5, 5.41) is 13.7. The van der Waals surface area contributed by atoms with Gasteiger partial charge in [-0.1, -0.05) is 41.3 Å². The maximum atomic E-state index is 13.7. The Hall–Kier alpha value is -2.56. The van der Waals surface area contributed by atoms with Gasteiger partial charge in [0.05, 0.1) is 18.4 Å². The molecule has 0 atom stereocenters. The molecular formula is C18H13FN4O2S3. The number of nitrogens with zero attached hydrogens (tertiary/aromatic N) is 3. The molecule has 28 heavy (non-hydrogen) atoms. The molecule has 4 rings (SSSR count). The highest BCUT2D eigenvalue weighted by atomic mass is 32.2. The van der Waals surface area contributed by atoms with Gasteiger partial charge in [0.25, 0.3) is 0 Å². The van der Waals surface area contributed by atoms with E-state index in [0.29, 0.717) is 32.2 Å². The molecule has 0 saturated heterocycles. The first kappa shape index (κ1) is 18.8. The molecule has 1 aromatic carbocycles. The Bertz CT molecular complexity index is 1080. The number of anilines is 1. The summed E-state index contributed by atoms with van der Waals surface area (Å²) in [5.41, 5.74) is 1.26. The Morgan fingerprint density at radius 1 is 1.21 bits per heavy atom. The number of thiazole rings is 1. The van der Waals surface area contributed by atoms with Crippen molar-refractivity contribution in [3.05, 3.63) is 65.1 Å². The summed E-state index contributed by atoms with van der Waals surface area (Å²) in [7, 11) is 0. The van der Waals surface area contributed by atoms with Gasteiger partial charge in [-0.3, -0.25) is 4.79 Å². The van der Waals surface area contributed by atoms with Crippen LogP contribution in [0, 0.1) is 5.82 Å². The largest absolute Gasteiger partial charge is 0.462 e. The molecule has 0 fully saturated rings. The lowest BCUT2D eigenvalue weighted by molar-refractivity contribution is -0.115. The third-order valence-electron chi connectivity index (χ3n) is 3.59. The number of amides is 1. The topological polar surface area (TPSA) is 80.9 Å². The van der Waals surface area contributed by atoms with Crippen molar-refractivity contribution in [2.45, 2.75) is 16.5 Å². The number of hydrogen-bond donors (Lipinski definition) is 1. The van der Waals surface area contributed by atoms with Crippen molar-refractivity contribution in [2.75, 3.05) is 5.32 Å². The summed E-state index contributed by atoms with van der Waals surface area (Å²) in [6.45, 7) is 0. The second-order valence-electron chi connectivity index (χ2n) is 5.60. The second kappa shape index (κ2) is 8.63. The SMILES string of the molecule is O=C(Cc1csc(-c2ccco2)n1)Nc1nnc(SCc2ccccc2F)s1. The van der Waals surface area contributed by atoms with Gasteiger partial charge in [0.2, 0.25) is 11.0 Å². The summed E-state index contributed by atoms with van der Waals surface area (Å²) in [4.78, 5) is 16.6. The van der Waals surface area contributed by atoms with Gasteiger partial charge in [0, 0.05) is 11.1 Å². The van der Waals surface area contributed by atoms with Gasteiger partial charge in [-0.05, 0) is 23.8 Å². The molecule has 0 aliphatic heterocycles. The molecule has 4 aromatic rings. The third-order valence-corrected chi connectivity index (χ3v) is 6.51. The zero-order valence-electron chi connectivity index (χ0n) is 14.3. The zero-order valence-corrected chi connectivity index (χ0v) is 16.7. The standard InChI is InChI=1S/C18H13FN4O2S3/c19-13-5-2-1-4-11(13)9-27-18-23-22-17(28-18)21-15(24)8-12-10-26-16(20-12)14-6-3-7-25-14/h1-7,10H,8-9H2,(H,21,22,24). The average Bonchev–Trinajstić information content (AvgIpc) is 3.43. The number of halogens is 1. The molecular weight excluding hydrogens is 419 g/mol. The number of nitrogens with one attached hydrogen (secondary N) is 1. The molecule has 0 unspecified atom stereocenters. The van der Waals surface area contributed by atoms with Crippen molar-refractivity contribution < 1.29 is 13.6 Å². The van der Waals surface area contributed by atoms with Crippen LogP contribution in [0.15, 0.2) is 56.8 Å². The quantitative estimate of drug-likeness (QED) is 0.332. The molecule has 0 bridgehead atoms. The Morgan fingerprint density at radius 3 is 2.93 bits per heavy atom. The predicted octanol–water partition coefficient (Wildman–Crippen LogP) is 4.87. The average molecular weight is 433 g/mol. The minimum absolute atomic E-state index is 0.133. The molecule has 142 valence electrons. The number of carbonyl (C=O) groups is 1. The van der Waals surface area contributed by atoms with Crippen LogP contribution in [0.5, 0.6) is 0 Å². The van der Waals surface area contributed by atoms with Crippen LogP contribution in [-0.4, -0.2) is 21.1 Å². The monoisotopic (exact) mass is 432 g/mol. The van der Waals surface area contributed by atoms with Gasteiger partial charge in [0.1, 0.15) is 5.82 Å². The van der Waals surface area contributed by atoms with Crippen molar-refractivity contribution in [1.82, 2.24) is 15.2 Å². The molecule has 0 aliphatic carbocycles. The molecule has 0 saturated carbocycles. The Balaban J connectivity index is 1.31. The minimum Gasteiger partial charge on any atom is -0.462 e. The van der Waals surface area contributed by atoms with Gasteiger partial charge in [-0.15, -0.1) is 21.5 Å². The van der Waals surface area contributed by atoms with E-state index in [2.05, 4.69) is 20.5 Å². The number of hydrogen-bond acceptors (Lipinski definition) is 8. The van der Waals surface area contributed by atoms with E-state index in [9.17, 15) is 9.18 Å². The lowest BCUT2D eigenvalue weighted by Crippen LogP contribution is -2.14. The fraction of sp³-hybridized carbons (Fsp3) is 0.111. The van der Waals surface area contributed by atoms with Crippen molar-refractivity contribution in [3.8, 4) is 10.8 Å². The maximum Gasteiger partial charge on any atom is 0.232 e. The molecule has 3 aromatic heterocycles. The first-order valence-electron chi connectivity index (χ1n) is 8.15. The fourth-order valence-corrected chi connectivity index (χ4v) is 4.84. The van der Waals surface area contributed by atoms with Crippen LogP contribution < -0.4 is 5.32 Å². The molecule has 10 heteroatoms. The van der Waals surface area contributed by atoms with Crippen LogP contribution in [0.4, 0.5) is 9.52 Å². The highest BCUT2D eigenvalue weighted by Gasteiger charge is 2.13. The van der Waals surface area contributed by atoms with Crippen molar-refractivity contribution in [3.63, 3.8) is 0 Å². The lowest BCUT2D eigenvalue weighted by Gasteiger charge is -2.00. The van der Waals surface area contributed by atoms with E-state index >= 15 is 0 Å². The number of thioether (sulfide) groups is 1. The van der Waals surface area contributed by atoms with Crippen LogP contribution >= 0.6 is 34.4 Å². The van der Waals surface area contributed by atoms with E-state index in [1.807, 2.05) is 11.4 Å². The zero-order chi connectivity index (χ0) is 19.3. The number of rotatable bonds is 7. The Labute approximate surface area is 171 Å². The van der Waals surface area contributed by atoms with Crippen molar-refractivity contribution >= 4 is 45.5 Å². The minimum atomic E-state index is -0.245. The Kier molecular flexibility index (Phi) is 5.79. The van der Waals surface area contributed by atoms with Crippen molar-refractivity contribution in [2.24, 2.45) is 0 Å². The van der Waals surface area contributed by atoms with E-state index in [0.717, 1.165) is 5.01 Å². The second-order valence-corrected chi connectivity index (χ2v) is 8.66. The van der Waals surface area contributed by atoms with Crippen LogP contribution in [0.2, 0.25) is 0 Å². The van der Waals surface area contributed by atoms with Gasteiger partial charge in [-0.25, -0.2) is 9.37 Å². The predicted molar refractivity (Wildman–Crippen MR) is 108 cm³/mol. The van der Waals surface area contributed by atoms with Crippen LogP contribution in [0.25, 0.3) is 10.8 Å². The molecule has 3 heterocycles. The van der Waals surface area contributed by atoms with E-state index in [4.69, 9.17) is 4.42 Å². The van der Waals surface area contributed by atoms with Gasteiger partial charge in [-0.2, -0.15) is 0 Å². The maximum absolute atomic E-state index is 13.7. The summed E-state index contributed by atoms with van der Waals surface area (Å²) in [6.07, 6.45) is 1.72. The first-order valence-corrected chi connectivity index (χ1v) is 10.8. The highest BCUT2D eigenvalue weighted by Crippen LogP contribution is 2.29. The van der Waals surface area contributed by atoms with E-state index < -0.39 is 0 Å². The van der Waals surface area contributed by atoms with Crippen LogP contribution in [0.1, 0.15) is 11.3 Å². The molecule has 6 nitrogen and oxygen atoms in total. The van der Waals surface area contributed by atoms with E-state index in [-0.39, 0.29) is 18.1 Å². The van der Waals surface area contributed by atoms with Crippen LogP contribution in [-0.2, 0) is 17.0 Å². The normalized spacial score (nSPS) is 10.9.